The molecular weight excluding hydrogens is 452 g/mol. The maximum absolute atomic E-state index is 13.1. The molecule has 0 spiro atoms. The van der Waals surface area contributed by atoms with Gasteiger partial charge in [-0.05, 0) is 42.3 Å². The molecule has 0 radical (unpaired) electrons. The van der Waals surface area contributed by atoms with Crippen LogP contribution in [0, 0.1) is 5.41 Å². The summed E-state index contributed by atoms with van der Waals surface area (Å²) in [5, 5.41) is 10.5. The summed E-state index contributed by atoms with van der Waals surface area (Å²) in [4.78, 5) is 27.3. The van der Waals surface area contributed by atoms with Gasteiger partial charge in [-0.15, -0.1) is 0 Å². The summed E-state index contributed by atoms with van der Waals surface area (Å²) in [7, 11) is -3.40. The fourth-order valence-electron chi connectivity index (χ4n) is 4.07. The molecule has 34 heavy (non-hydrogen) atoms. The highest BCUT2D eigenvalue weighted by Crippen LogP contribution is 2.30. The number of hydrogen-bond acceptors (Lipinski definition) is 5. The fourth-order valence-corrected chi connectivity index (χ4v) is 4.98. The van der Waals surface area contributed by atoms with E-state index in [2.05, 4.69) is 5.32 Å². The Labute approximate surface area is 197 Å². The zero-order valence-corrected chi connectivity index (χ0v) is 19.3. The number of carbonyl (C=O) groups is 2. The van der Waals surface area contributed by atoms with E-state index >= 15 is 0 Å². The summed E-state index contributed by atoms with van der Waals surface area (Å²) >= 11 is 0. The normalized spacial score (nSPS) is 15.9. The number of amides is 2. The first kappa shape index (κ1) is 23.2. The maximum Gasteiger partial charge on any atom is 0.247 e. The first-order valence-electron chi connectivity index (χ1n) is 10.6. The Kier molecular flexibility index (Phi) is 6.21. The molecule has 1 saturated heterocycles. The monoisotopic (exact) mass is 476 g/mol. The molecule has 0 aromatic heterocycles. The van der Waals surface area contributed by atoms with E-state index in [-0.39, 0.29) is 29.0 Å². The predicted octanol–water partition coefficient (Wildman–Crippen LogP) is 3.18. The third-order valence-corrected chi connectivity index (χ3v) is 6.85. The molecule has 174 valence electrons. The van der Waals surface area contributed by atoms with Crippen molar-refractivity contribution in [2.24, 2.45) is 5.73 Å². The van der Waals surface area contributed by atoms with Crippen LogP contribution >= 0.6 is 0 Å². The smallest absolute Gasteiger partial charge is 0.247 e. The van der Waals surface area contributed by atoms with Crippen molar-refractivity contribution in [3.05, 3.63) is 78.4 Å². The molecule has 8 nitrogen and oxygen atoms in total. The van der Waals surface area contributed by atoms with Crippen molar-refractivity contribution in [1.29, 1.82) is 5.41 Å². The van der Waals surface area contributed by atoms with Crippen molar-refractivity contribution >= 4 is 38.9 Å². The molecule has 0 bridgehead atoms. The van der Waals surface area contributed by atoms with Gasteiger partial charge in [0.2, 0.25) is 11.8 Å². The minimum absolute atomic E-state index is 0.118. The van der Waals surface area contributed by atoms with E-state index < -0.39 is 15.9 Å². The van der Waals surface area contributed by atoms with Gasteiger partial charge in [-0.1, -0.05) is 42.5 Å². The highest BCUT2D eigenvalue weighted by molar-refractivity contribution is 7.90. The SMILES string of the molecule is CS(=O)(=O)c1ccccc1-c1ccc(NC(=O)C2CCC(=O)N2c2cccc(C(=N)N)c2)cc1. The lowest BCUT2D eigenvalue weighted by Crippen LogP contribution is -2.41. The summed E-state index contributed by atoms with van der Waals surface area (Å²) in [5.74, 6) is -0.621. The molecule has 4 rings (SSSR count). The second kappa shape index (κ2) is 9.11. The molecule has 4 N–H and O–H groups in total. The van der Waals surface area contributed by atoms with Gasteiger partial charge < -0.3 is 11.1 Å². The fraction of sp³-hybridized carbons (Fsp3) is 0.160. The number of nitrogens with zero attached hydrogens (tertiary/aromatic N) is 1. The van der Waals surface area contributed by atoms with Gasteiger partial charge in [0, 0.05) is 35.2 Å². The molecule has 1 atom stereocenters. The molecule has 2 amide bonds. The minimum Gasteiger partial charge on any atom is -0.384 e. The lowest BCUT2D eigenvalue weighted by atomic mass is 10.1. The van der Waals surface area contributed by atoms with Crippen LogP contribution in [0.1, 0.15) is 18.4 Å². The zero-order chi connectivity index (χ0) is 24.5. The number of nitrogen functional groups attached to an aromatic ring is 1. The number of nitrogens with two attached hydrogens (primary N) is 1. The standard InChI is InChI=1S/C25H24N4O4S/c1-34(32,33)22-8-3-2-7-20(22)16-9-11-18(12-10-16)28-25(31)21-13-14-23(30)29(21)19-6-4-5-17(15-19)24(26)27/h2-12,15,21H,13-14H2,1H3,(H3,26,27)(H,28,31). The van der Waals surface area contributed by atoms with Gasteiger partial charge in [-0.2, -0.15) is 0 Å². The number of amidine groups is 1. The number of hydrogen-bond donors (Lipinski definition) is 3. The van der Waals surface area contributed by atoms with Gasteiger partial charge >= 0.3 is 0 Å². The molecule has 0 saturated carbocycles. The molecule has 0 aliphatic carbocycles. The van der Waals surface area contributed by atoms with Crippen LogP contribution in [0.4, 0.5) is 11.4 Å². The number of sulfone groups is 1. The van der Waals surface area contributed by atoms with Crippen LogP contribution < -0.4 is 16.0 Å². The molecular formula is C25H24N4O4S. The average molecular weight is 477 g/mol. The van der Waals surface area contributed by atoms with E-state index in [1.54, 1.807) is 72.8 Å². The Bertz CT molecular complexity index is 1380. The van der Waals surface area contributed by atoms with Gasteiger partial charge in [-0.3, -0.25) is 19.9 Å². The summed E-state index contributed by atoms with van der Waals surface area (Å²) < 4.78 is 24.2. The number of carbonyl (C=O) groups excluding carboxylic acids is 2. The summed E-state index contributed by atoms with van der Waals surface area (Å²) in [6, 6.07) is 19.6. The summed E-state index contributed by atoms with van der Waals surface area (Å²) in [6.07, 6.45) is 1.78. The van der Waals surface area contributed by atoms with Crippen molar-refractivity contribution in [3.8, 4) is 11.1 Å². The maximum atomic E-state index is 13.1. The van der Waals surface area contributed by atoms with Crippen LogP contribution in [0.15, 0.2) is 77.7 Å². The van der Waals surface area contributed by atoms with E-state index in [4.69, 9.17) is 11.1 Å². The molecule has 1 heterocycles. The Morgan fingerprint density at radius 3 is 2.44 bits per heavy atom. The quantitative estimate of drug-likeness (QED) is 0.371. The minimum atomic E-state index is -3.40. The topological polar surface area (TPSA) is 133 Å². The Balaban J connectivity index is 1.55. The van der Waals surface area contributed by atoms with Crippen LogP contribution in [0.3, 0.4) is 0 Å². The van der Waals surface area contributed by atoms with Gasteiger partial charge in [0.1, 0.15) is 11.9 Å². The molecule has 1 unspecified atom stereocenters. The third-order valence-electron chi connectivity index (χ3n) is 5.70. The van der Waals surface area contributed by atoms with Crippen LogP contribution in [0.5, 0.6) is 0 Å². The average Bonchev–Trinajstić information content (AvgIpc) is 3.20. The molecule has 3 aromatic carbocycles. The first-order valence-corrected chi connectivity index (χ1v) is 12.5. The number of nitrogens with one attached hydrogen (secondary N) is 2. The van der Waals surface area contributed by atoms with Gasteiger partial charge in [-0.25, -0.2) is 8.42 Å². The zero-order valence-electron chi connectivity index (χ0n) is 18.5. The van der Waals surface area contributed by atoms with E-state index in [0.29, 0.717) is 34.5 Å². The van der Waals surface area contributed by atoms with Crippen LogP contribution in [-0.2, 0) is 19.4 Å². The van der Waals surface area contributed by atoms with Crippen LogP contribution in [0.2, 0.25) is 0 Å². The molecule has 3 aromatic rings. The second-order valence-electron chi connectivity index (χ2n) is 8.12. The molecule has 1 aliphatic heterocycles. The first-order chi connectivity index (χ1) is 16.1. The van der Waals surface area contributed by atoms with Crippen LogP contribution in [-0.4, -0.2) is 38.4 Å². The van der Waals surface area contributed by atoms with Gasteiger partial charge in [0.25, 0.3) is 0 Å². The lowest BCUT2D eigenvalue weighted by Gasteiger charge is -2.24. The van der Waals surface area contributed by atoms with E-state index in [9.17, 15) is 18.0 Å². The Morgan fingerprint density at radius 2 is 1.76 bits per heavy atom. The van der Waals surface area contributed by atoms with Crippen molar-refractivity contribution in [1.82, 2.24) is 0 Å². The van der Waals surface area contributed by atoms with Gasteiger partial charge in [0.05, 0.1) is 4.90 Å². The van der Waals surface area contributed by atoms with Crippen LogP contribution in [0.25, 0.3) is 11.1 Å². The molecule has 1 fully saturated rings. The number of benzene rings is 3. The Morgan fingerprint density at radius 1 is 1.06 bits per heavy atom. The van der Waals surface area contributed by atoms with Crippen molar-refractivity contribution in [2.75, 3.05) is 16.5 Å². The number of anilines is 2. The van der Waals surface area contributed by atoms with Crippen molar-refractivity contribution < 1.29 is 18.0 Å². The third kappa shape index (κ3) is 4.69. The predicted molar refractivity (Wildman–Crippen MR) is 132 cm³/mol. The number of rotatable bonds is 6. The highest BCUT2D eigenvalue weighted by Gasteiger charge is 2.37. The highest BCUT2D eigenvalue weighted by atomic mass is 32.2. The molecule has 1 aliphatic rings. The largest absolute Gasteiger partial charge is 0.384 e. The lowest BCUT2D eigenvalue weighted by molar-refractivity contribution is -0.120. The Hall–Kier alpha value is -3.98. The van der Waals surface area contributed by atoms with Crippen molar-refractivity contribution in [2.45, 2.75) is 23.8 Å². The molecule has 9 heteroatoms. The summed E-state index contributed by atoms with van der Waals surface area (Å²) in [6.45, 7) is 0. The van der Waals surface area contributed by atoms with Crippen molar-refractivity contribution in [3.63, 3.8) is 0 Å². The van der Waals surface area contributed by atoms with E-state index in [1.165, 1.54) is 11.2 Å². The second-order valence-corrected chi connectivity index (χ2v) is 10.1. The van der Waals surface area contributed by atoms with Gasteiger partial charge in [0.15, 0.2) is 9.84 Å². The van der Waals surface area contributed by atoms with E-state index in [0.717, 1.165) is 0 Å². The van der Waals surface area contributed by atoms with E-state index in [1.807, 2.05) is 0 Å². The summed E-state index contributed by atoms with van der Waals surface area (Å²) in [5.41, 5.74) is 8.38.